The number of nitrogens with one attached hydrogen (secondary N) is 1. The Bertz CT molecular complexity index is 1420. The molecule has 206 valence electrons. The van der Waals surface area contributed by atoms with Gasteiger partial charge in [-0.1, -0.05) is 42.2 Å². The maximum absolute atomic E-state index is 13.0. The van der Waals surface area contributed by atoms with E-state index in [-0.39, 0.29) is 30.6 Å². The van der Waals surface area contributed by atoms with Gasteiger partial charge in [0.05, 0.1) is 11.2 Å². The number of ketones is 1. The Morgan fingerprint density at radius 2 is 1.75 bits per heavy atom. The third kappa shape index (κ3) is 5.34. The van der Waals surface area contributed by atoms with Crippen molar-refractivity contribution in [2.75, 3.05) is 0 Å². The zero-order valence-corrected chi connectivity index (χ0v) is 23.3. The predicted molar refractivity (Wildman–Crippen MR) is 150 cm³/mol. The summed E-state index contributed by atoms with van der Waals surface area (Å²) in [5, 5.41) is 2.32. The second kappa shape index (κ2) is 10.7. The van der Waals surface area contributed by atoms with Gasteiger partial charge in [-0.05, 0) is 63.7 Å². The molecular formula is C31H33BN2O6. The highest BCUT2D eigenvalue weighted by molar-refractivity contribution is 6.62. The van der Waals surface area contributed by atoms with Gasteiger partial charge in [0.15, 0.2) is 5.78 Å². The van der Waals surface area contributed by atoms with Crippen LogP contribution in [0.4, 0.5) is 0 Å². The van der Waals surface area contributed by atoms with Gasteiger partial charge >= 0.3 is 7.12 Å². The summed E-state index contributed by atoms with van der Waals surface area (Å²) >= 11 is 0. The van der Waals surface area contributed by atoms with Crippen LogP contribution in [0.15, 0.2) is 42.5 Å². The minimum Gasteiger partial charge on any atom is -0.399 e. The Balaban J connectivity index is 1.15. The summed E-state index contributed by atoms with van der Waals surface area (Å²) in [5.74, 6) is 5.37. The van der Waals surface area contributed by atoms with E-state index >= 15 is 0 Å². The summed E-state index contributed by atoms with van der Waals surface area (Å²) in [6.07, 6.45) is 2.05. The highest BCUT2D eigenvalue weighted by Gasteiger charge is 2.51. The second-order valence-corrected chi connectivity index (χ2v) is 11.5. The van der Waals surface area contributed by atoms with Gasteiger partial charge in [-0.15, -0.1) is 0 Å². The van der Waals surface area contributed by atoms with Crippen LogP contribution < -0.4 is 10.8 Å². The number of unbranched alkanes of at least 4 members (excludes halogenated alkanes) is 1. The molecule has 1 N–H and O–H groups in total. The van der Waals surface area contributed by atoms with E-state index in [0.717, 1.165) is 16.6 Å². The number of fused-ring (bicyclic) bond motifs is 1. The van der Waals surface area contributed by atoms with Crippen molar-refractivity contribution in [3.63, 3.8) is 0 Å². The lowest BCUT2D eigenvalue weighted by Gasteiger charge is -2.32. The molecule has 40 heavy (non-hydrogen) atoms. The lowest BCUT2D eigenvalue weighted by atomic mass is 9.78. The summed E-state index contributed by atoms with van der Waals surface area (Å²) in [6.45, 7) is 8.32. The van der Waals surface area contributed by atoms with Crippen LogP contribution in [0.2, 0.25) is 0 Å². The molecule has 2 saturated heterocycles. The van der Waals surface area contributed by atoms with E-state index in [1.165, 1.54) is 4.90 Å². The molecule has 3 amide bonds. The number of nitrogens with zero attached hydrogens (tertiary/aromatic N) is 1. The molecule has 3 aliphatic heterocycles. The minimum absolute atomic E-state index is 0.0494. The molecule has 9 heteroatoms. The largest absolute Gasteiger partial charge is 0.494 e. The first-order chi connectivity index (χ1) is 19.0. The van der Waals surface area contributed by atoms with Gasteiger partial charge in [0, 0.05) is 42.5 Å². The molecule has 8 nitrogen and oxygen atoms in total. The molecule has 3 aliphatic rings. The van der Waals surface area contributed by atoms with Gasteiger partial charge in [0.25, 0.3) is 5.91 Å². The monoisotopic (exact) mass is 540 g/mol. The minimum atomic E-state index is -0.657. The summed E-state index contributed by atoms with van der Waals surface area (Å²) in [7, 11) is -0.463. The maximum Gasteiger partial charge on any atom is 0.494 e. The van der Waals surface area contributed by atoms with Crippen LogP contribution >= 0.6 is 0 Å². The number of Topliss-reactive ketones (excluding diaryl/α,β-unsaturated/α-hetero) is 1. The Hall–Kier alpha value is -3.74. The topological polar surface area (TPSA) is 102 Å². The van der Waals surface area contributed by atoms with Crippen LogP contribution in [0.3, 0.4) is 0 Å². The van der Waals surface area contributed by atoms with Gasteiger partial charge in [0.1, 0.15) is 6.04 Å². The van der Waals surface area contributed by atoms with E-state index in [4.69, 9.17) is 9.31 Å². The summed E-state index contributed by atoms with van der Waals surface area (Å²) in [6, 6.07) is 12.1. The number of rotatable bonds is 6. The van der Waals surface area contributed by atoms with Crippen LogP contribution in [0.5, 0.6) is 0 Å². The van der Waals surface area contributed by atoms with Crippen molar-refractivity contribution >= 4 is 36.1 Å². The fraction of sp³-hybridized carbons (Fsp3) is 0.419. The number of amides is 3. The fourth-order valence-electron chi connectivity index (χ4n) is 5.15. The summed E-state index contributed by atoms with van der Waals surface area (Å²) in [5.41, 5.74) is 2.75. The normalized spacial score (nSPS) is 21.1. The number of piperidine rings is 1. The highest BCUT2D eigenvalue weighted by atomic mass is 16.7. The molecule has 0 radical (unpaired) electrons. The van der Waals surface area contributed by atoms with Gasteiger partial charge in [-0.2, -0.15) is 0 Å². The molecule has 0 aliphatic carbocycles. The first-order valence-corrected chi connectivity index (χ1v) is 13.7. The Labute approximate surface area is 234 Å². The van der Waals surface area contributed by atoms with Crippen molar-refractivity contribution in [2.45, 2.75) is 83.6 Å². The van der Waals surface area contributed by atoms with Gasteiger partial charge in [-0.3, -0.25) is 24.5 Å². The molecule has 1 unspecified atom stereocenters. The van der Waals surface area contributed by atoms with Crippen molar-refractivity contribution in [2.24, 2.45) is 0 Å². The zero-order valence-electron chi connectivity index (χ0n) is 23.3. The quantitative estimate of drug-likeness (QED) is 0.199. The molecule has 0 aromatic heterocycles. The molecule has 2 aromatic rings. The average Bonchev–Trinajstić information content (AvgIpc) is 3.35. The fourth-order valence-corrected chi connectivity index (χ4v) is 5.15. The Morgan fingerprint density at radius 1 is 1.05 bits per heavy atom. The van der Waals surface area contributed by atoms with E-state index in [2.05, 4.69) is 17.2 Å². The molecule has 1 atom stereocenters. The van der Waals surface area contributed by atoms with Crippen LogP contribution in [-0.4, -0.2) is 52.8 Å². The second-order valence-electron chi connectivity index (χ2n) is 11.5. The summed E-state index contributed by atoms with van der Waals surface area (Å²) < 4.78 is 12.2. The molecular weight excluding hydrogens is 507 g/mol. The molecule has 5 rings (SSSR count). The van der Waals surface area contributed by atoms with E-state index < -0.39 is 30.3 Å². The third-order valence-corrected chi connectivity index (χ3v) is 8.27. The number of carbonyl (C=O) groups is 4. The van der Waals surface area contributed by atoms with Crippen molar-refractivity contribution in [1.29, 1.82) is 0 Å². The predicted octanol–water partition coefficient (Wildman–Crippen LogP) is 3.15. The molecule has 2 fully saturated rings. The summed E-state index contributed by atoms with van der Waals surface area (Å²) in [4.78, 5) is 51.0. The maximum atomic E-state index is 13.0. The van der Waals surface area contributed by atoms with E-state index in [1.54, 1.807) is 12.1 Å². The van der Waals surface area contributed by atoms with Crippen LogP contribution in [-0.2, 0) is 25.4 Å². The number of hydrogen-bond acceptors (Lipinski definition) is 6. The van der Waals surface area contributed by atoms with Crippen LogP contribution in [0, 0.1) is 11.8 Å². The van der Waals surface area contributed by atoms with E-state index in [9.17, 15) is 19.2 Å². The Morgan fingerprint density at radius 3 is 2.42 bits per heavy atom. The van der Waals surface area contributed by atoms with Crippen molar-refractivity contribution in [1.82, 2.24) is 10.2 Å². The first kappa shape index (κ1) is 27.8. The third-order valence-electron chi connectivity index (χ3n) is 8.27. The molecule has 3 heterocycles. The molecule has 0 saturated carbocycles. The highest BCUT2D eigenvalue weighted by Crippen LogP contribution is 2.36. The van der Waals surface area contributed by atoms with Gasteiger partial charge in [-0.25, -0.2) is 0 Å². The number of carbonyl (C=O) groups excluding carboxylic acids is 4. The number of imide groups is 1. The van der Waals surface area contributed by atoms with Crippen molar-refractivity contribution < 1.29 is 28.5 Å². The standard InChI is InChI=1S/C31H33BN2O6/c1-30(2)31(3,4)40-32(39-30)22-15-13-21(14-16-22)26(35)12-7-5-6-9-20-10-8-11-23-24(20)19-34(29(23)38)25-17-18-27(36)33-28(25)37/h8,10-11,13-16,25H,5,7,12,17-19H2,1-4H3,(H,33,36,37). The van der Waals surface area contributed by atoms with Crippen LogP contribution in [0.1, 0.15) is 91.6 Å². The van der Waals surface area contributed by atoms with Crippen molar-refractivity contribution in [3.8, 4) is 11.8 Å². The SMILES string of the molecule is CC1(C)OB(c2ccc(C(=O)CCCC#Cc3cccc4c3CN(C3CCC(=O)NC3=O)C4=O)cc2)OC1(C)C. The van der Waals surface area contributed by atoms with Gasteiger partial charge < -0.3 is 14.2 Å². The smallest absolute Gasteiger partial charge is 0.399 e. The van der Waals surface area contributed by atoms with E-state index in [1.807, 2.05) is 58.0 Å². The molecule has 2 aromatic carbocycles. The molecule has 0 spiro atoms. The lowest BCUT2D eigenvalue weighted by Crippen LogP contribution is -2.52. The average molecular weight is 540 g/mol. The van der Waals surface area contributed by atoms with Crippen molar-refractivity contribution in [3.05, 3.63) is 64.7 Å². The number of hydrogen-bond donors (Lipinski definition) is 1. The lowest BCUT2D eigenvalue weighted by molar-refractivity contribution is -0.136. The van der Waals surface area contributed by atoms with Crippen LogP contribution in [0.25, 0.3) is 0 Å². The zero-order chi connectivity index (χ0) is 28.7. The molecule has 0 bridgehead atoms. The van der Waals surface area contributed by atoms with E-state index in [0.29, 0.717) is 36.8 Å². The first-order valence-electron chi connectivity index (χ1n) is 13.7. The Kier molecular flexibility index (Phi) is 7.43. The van der Waals surface area contributed by atoms with Gasteiger partial charge in [0.2, 0.25) is 11.8 Å². The number of benzene rings is 2.